The molecule has 6 aromatic carbocycles. The van der Waals surface area contributed by atoms with Crippen LogP contribution in [0.3, 0.4) is 0 Å². The Morgan fingerprint density at radius 3 is 0.873 bits per heavy atom. The molecular formula is C54H64GeO6S2. The Morgan fingerprint density at radius 2 is 0.587 bits per heavy atom. The summed E-state index contributed by atoms with van der Waals surface area (Å²) in [4.78, 5) is 0. The van der Waals surface area contributed by atoms with Gasteiger partial charge in [0.15, 0.2) is 0 Å². The van der Waals surface area contributed by atoms with E-state index in [4.69, 9.17) is 28.4 Å². The SMILES string of the molecule is CCCCOc1c(OCCCC)c2sc3c(OCCCC)c(OCCCC)c4sc5c(OCCCC)c(OCCCC)[c]6c7c([c]1[Ge]6([c]1ccccc1)[c]1ccccc1)c2c3c4c57. The zero-order valence-electron chi connectivity index (χ0n) is 38.3. The van der Waals surface area contributed by atoms with Crippen molar-refractivity contribution in [1.29, 1.82) is 0 Å². The topological polar surface area (TPSA) is 55.4 Å². The van der Waals surface area contributed by atoms with Gasteiger partial charge in [0.05, 0.1) is 0 Å². The van der Waals surface area contributed by atoms with Crippen molar-refractivity contribution in [1.82, 2.24) is 0 Å². The van der Waals surface area contributed by atoms with Crippen LogP contribution in [0.15, 0.2) is 60.7 Å². The molecule has 2 aromatic heterocycles. The second-order valence-corrected chi connectivity index (χ2v) is 26.9. The zero-order valence-corrected chi connectivity index (χ0v) is 42.0. The summed E-state index contributed by atoms with van der Waals surface area (Å²) in [7, 11) is 0. The van der Waals surface area contributed by atoms with Crippen molar-refractivity contribution in [3.63, 3.8) is 0 Å². The van der Waals surface area contributed by atoms with Crippen LogP contribution in [-0.4, -0.2) is 52.9 Å². The van der Waals surface area contributed by atoms with Gasteiger partial charge in [-0.05, 0) is 0 Å². The van der Waals surface area contributed by atoms with Crippen LogP contribution in [0.25, 0.3) is 51.1 Å². The molecule has 0 bridgehead atoms. The summed E-state index contributed by atoms with van der Waals surface area (Å²) in [5.41, 5.74) is 0. The number of hydrogen-bond donors (Lipinski definition) is 0. The number of thiophene rings is 2. The van der Waals surface area contributed by atoms with E-state index in [1.807, 2.05) is 22.7 Å². The van der Waals surface area contributed by atoms with Crippen molar-refractivity contribution in [3.05, 3.63) is 60.7 Å². The van der Waals surface area contributed by atoms with Crippen LogP contribution in [0.5, 0.6) is 34.5 Å². The van der Waals surface area contributed by atoms with Gasteiger partial charge in [-0.2, -0.15) is 0 Å². The molecule has 0 radical (unpaired) electrons. The first-order valence-corrected chi connectivity index (χ1v) is 29.9. The molecule has 9 rings (SSSR count). The Kier molecular flexibility index (Phi) is 13.7. The quantitative estimate of drug-likeness (QED) is 0.0306. The van der Waals surface area contributed by atoms with E-state index in [1.54, 1.807) is 0 Å². The molecule has 0 amide bonds. The number of benzene rings is 6. The normalized spacial score (nSPS) is 13.2. The van der Waals surface area contributed by atoms with Crippen molar-refractivity contribution in [3.8, 4) is 34.5 Å². The minimum absolute atomic E-state index is 0.608. The van der Waals surface area contributed by atoms with Crippen molar-refractivity contribution in [2.75, 3.05) is 39.6 Å². The molecule has 1 aliphatic rings. The van der Waals surface area contributed by atoms with E-state index in [-0.39, 0.29) is 0 Å². The summed E-state index contributed by atoms with van der Waals surface area (Å²) in [5, 5.41) is 7.70. The first-order chi connectivity index (χ1) is 31.1. The number of rotatable bonds is 26. The van der Waals surface area contributed by atoms with Gasteiger partial charge in [0.2, 0.25) is 0 Å². The Morgan fingerprint density at radius 1 is 0.333 bits per heavy atom. The predicted molar refractivity (Wildman–Crippen MR) is 272 cm³/mol. The maximum absolute atomic E-state index is 7.39. The summed E-state index contributed by atoms with van der Waals surface area (Å²) < 4.78 is 53.2. The maximum atomic E-state index is 7.39. The third-order valence-electron chi connectivity index (χ3n) is 12.8. The molecule has 6 nitrogen and oxygen atoms in total. The van der Waals surface area contributed by atoms with Crippen molar-refractivity contribution < 1.29 is 28.4 Å². The van der Waals surface area contributed by atoms with Crippen LogP contribution in [0.2, 0.25) is 0 Å². The molecule has 332 valence electrons. The van der Waals surface area contributed by atoms with Crippen LogP contribution in [0.4, 0.5) is 0 Å². The summed E-state index contributed by atoms with van der Waals surface area (Å²) in [6.45, 7) is 17.1. The molecule has 0 fully saturated rings. The zero-order chi connectivity index (χ0) is 43.5. The molecule has 0 unspecified atom stereocenters. The average molecular weight is 946 g/mol. The van der Waals surface area contributed by atoms with E-state index >= 15 is 0 Å². The van der Waals surface area contributed by atoms with E-state index < -0.39 is 13.3 Å². The van der Waals surface area contributed by atoms with E-state index in [0.29, 0.717) is 39.6 Å². The number of hydrogen-bond acceptors (Lipinski definition) is 8. The van der Waals surface area contributed by atoms with Crippen LogP contribution < -0.4 is 46.0 Å². The summed E-state index contributed by atoms with van der Waals surface area (Å²) in [6.07, 6.45) is 12.0. The van der Waals surface area contributed by atoms with Crippen molar-refractivity contribution in [2.45, 2.75) is 119 Å². The van der Waals surface area contributed by atoms with Crippen LogP contribution in [-0.2, 0) is 0 Å². The van der Waals surface area contributed by atoms with E-state index in [1.165, 1.54) is 49.9 Å². The summed E-state index contributed by atoms with van der Waals surface area (Å²) in [6, 6.07) is 22.8. The Balaban J connectivity index is 1.57. The Hall–Kier alpha value is -4.12. The van der Waals surface area contributed by atoms with Crippen LogP contribution in [0, 0.1) is 0 Å². The van der Waals surface area contributed by atoms with Gasteiger partial charge >= 0.3 is 386 Å². The van der Waals surface area contributed by atoms with E-state index in [0.717, 1.165) is 130 Å². The molecule has 0 saturated heterocycles. The van der Waals surface area contributed by atoms with Gasteiger partial charge < -0.3 is 0 Å². The molecule has 0 aliphatic carbocycles. The molecule has 8 aromatic rings. The number of ether oxygens (including phenoxy) is 6. The predicted octanol–water partition coefficient (Wildman–Crippen LogP) is 13.2. The van der Waals surface area contributed by atoms with Gasteiger partial charge in [-0.15, -0.1) is 0 Å². The van der Waals surface area contributed by atoms with Crippen LogP contribution >= 0.6 is 22.7 Å². The molecular weight excluding hydrogens is 881 g/mol. The molecule has 0 atom stereocenters. The minimum atomic E-state index is -4.19. The molecule has 0 spiro atoms. The fourth-order valence-corrected chi connectivity index (χ4v) is 23.7. The summed E-state index contributed by atoms with van der Waals surface area (Å²) >= 11 is -0.564. The monoisotopic (exact) mass is 946 g/mol. The second kappa shape index (κ2) is 19.5. The molecule has 0 N–H and O–H groups in total. The first-order valence-electron chi connectivity index (χ1n) is 24.1. The Labute approximate surface area is 384 Å². The summed E-state index contributed by atoms with van der Waals surface area (Å²) in [5.74, 6) is 5.33. The van der Waals surface area contributed by atoms with Crippen molar-refractivity contribution in [2.24, 2.45) is 0 Å². The molecule has 1 aliphatic heterocycles. The third kappa shape index (κ3) is 7.25. The van der Waals surface area contributed by atoms with E-state index in [2.05, 4.69) is 102 Å². The van der Waals surface area contributed by atoms with Gasteiger partial charge in [-0.25, -0.2) is 0 Å². The van der Waals surface area contributed by atoms with Gasteiger partial charge in [0.1, 0.15) is 0 Å². The van der Waals surface area contributed by atoms with Crippen LogP contribution in [0.1, 0.15) is 119 Å². The molecule has 63 heavy (non-hydrogen) atoms. The van der Waals surface area contributed by atoms with Gasteiger partial charge in [0.25, 0.3) is 0 Å². The Bertz CT molecular complexity index is 2590. The van der Waals surface area contributed by atoms with E-state index in [9.17, 15) is 0 Å². The third-order valence-corrected chi connectivity index (χ3v) is 25.4. The number of unbranched alkanes of at least 4 members (excludes halogenated alkanes) is 6. The standard InChI is InChI=1S/C54H64GeO6S2/c1-7-13-29-56-45-43-37-38-40-42-41-39(37)51(47(45)58-31-15-9-3)62-53(41)49(60-33-17-11-5)50(61-34-18-12-6)54(42)63-52(40)48(59-32-16-10-4)46(57-30-14-8-2)44(38)55(43,35-25-21-19-22-26-35)36-27-23-20-24-28-36/h19-28H,7-18,29-34H2,1-6H3. The first kappa shape index (κ1) is 44.1. The van der Waals surface area contributed by atoms with Gasteiger partial charge in [-0.3, -0.25) is 0 Å². The second-order valence-electron chi connectivity index (χ2n) is 17.2. The molecule has 3 heterocycles. The average Bonchev–Trinajstić information content (AvgIpc) is 3.99. The molecule has 9 heteroatoms. The van der Waals surface area contributed by atoms with Gasteiger partial charge in [-0.1, -0.05) is 0 Å². The molecule has 0 saturated carbocycles. The van der Waals surface area contributed by atoms with Gasteiger partial charge in [0, 0.05) is 0 Å². The fourth-order valence-electron chi connectivity index (χ4n) is 9.74. The fraction of sp³-hybridized carbons (Fsp3) is 0.444. The van der Waals surface area contributed by atoms with Crippen molar-refractivity contribution >= 4 is 105 Å².